The van der Waals surface area contributed by atoms with Crippen molar-refractivity contribution in [1.82, 2.24) is 5.32 Å². The Labute approximate surface area is 90.8 Å². The van der Waals surface area contributed by atoms with Gasteiger partial charge < -0.3 is 10.4 Å². The monoisotopic (exact) mass is 237 g/mol. The van der Waals surface area contributed by atoms with E-state index in [4.69, 9.17) is 5.11 Å². The van der Waals surface area contributed by atoms with E-state index < -0.39 is 20.5 Å². The number of aliphatic hydroxyl groups excluding tert-OH is 1. The maximum atomic E-state index is 11.6. The first-order chi connectivity index (χ1) is 6.63. The molecule has 0 aliphatic heterocycles. The average Bonchev–Trinajstić information content (AvgIpc) is 2.02. The molecule has 0 saturated heterocycles. The third-order valence-corrected chi connectivity index (χ3v) is 4.45. The normalized spacial score (nSPS) is 14.7. The zero-order valence-corrected chi connectivity index (χ0v) is 10.4. The first-order valence-corrected chi connectivity index (χ1v) is 6.63. The van der Waals surface area contributed by atoms with Crippen molar-refractivity contribution in [1.29, 1.82) is 0 Å². The van der Waals surface area contributed by atoms with Crippen LogP contribution >= 0.6 is 0 Å². The second-order valence-electron chi connectivity index (χ2n) is 4.17. The predicted molar refractivity (Wildman–Crippen MR) is 58.2 cm³/mol. The Morgan fingerprint density at radius 2 is 1.93 bits per heavy atom. The summed E-state index contributed by atoms with van der Waals surface area (Å²) < 4.78 is 21.2. The van der Waals surface area contributed by atoms with Gasteiger partial charge in [-0.05, 0) is 27.2 Å². The lowest BCUT2D eigenvalue weighted by Crippen LogP contribution is -2.50. The zero-order valence-electron chi connectivity index (χ0n) is 9.57. The van der Waals surface area contributed by atoms with Gasteiger partial charge in [0.05, 0.1) is 0 Å². The van der Waals surface area contributed by atoms with Gasteiger partial charge in [0.2, 0.25) is 5.91 Å². The van der Waals surface area contributed by atoms with Gasteiger partial charge in [-0.15, -0.1) is 0 Å². The van der Waals surface area contributed by atoms with E-state index in [9.17, 15) is 13.2 Å². The molecular formula is C9H19NO4S. The van der Waals surface area contributed by atoms with Gasteiger partial charge in [-0.1, -0.05) is 0 Å². The van der Waals surface area contributed by atoms with Crippen LogP contribution in [0.4, 0.5) is 0 Å². The zero-order chi connectivity index (χ0) is 12.3. The summed E-state index contributed by atoms with van der Waals surface area (Å²) in [4.78, 5) is 11.6. The molecule has 0 spiro atoms. The van der Waals surface area contributed by atoms with E-state index in [0.717, 1.165) is 6.26 Å². The van der Waals surface area contributed by atoms with Crippen LogP contribution in [0, 0.1) is 0 Å². The van der Waals surface area contributed by atoms with E-state index in [2.05, 4.69) is 5.32 Å². The maximum Gasteiger partial charge on any atom is 0.241 e. The van der Waals surface area contributed by atoms with Crippen LogP contribution in [0.25, 0.3) is 0 Å². The van der Waals surface area contributed by atoms with Gasteiger partial charge in [0.1, 0.15) is 4.75 Å². The molecule has 90 valence electrons. The smallest absolute Gasteiger partial charge is 0.241 e. The molecule has 0 rings (SSSR count). The number of hydrogen-bond acceptors (Lipinski definition) is 4. The fourth-order valence-corrected chi connectivity index (χ4v) is 1.23. The molecule has 0 aromatic rings. The summed E-state index contributed by atoms with van der Waals surface area (Å²) in [5.41, 5.74) is 0. The summed E-state index contributed by atoms with van der Waals surface area (Å²) in [5.74, 6) is -0.536. The minimum atomic E-state index is -3.44. The van der Waals surface area contributed by atoms with Gasteiger partial charge >= 0.3 is 0 Å². The number of nitrogens with one attached hydrogen (secondary N) is 1. The summed E-state index contributed by atoms with van der Waals surface area (Å²) in [7, 11) is -3.44. The van der Waals surface area contributed by atoms with Crippen LogP contribution in [0.3, 0.4) is 0 Å². The molecule has 0 radical (unpaired) electrons. The summed E-state index contributed by atoms with van der Waals surface area (Å²) >= 11 is 0. The van der Waals surface area contributed by atoms with E-state index in [-0.39, 0.29) is 12.6 Å². The van der Waals surface area contributed by atoms with Crippen LogP contribution in [0.1, 0.15) is 27.2 Å². The number of sulfone groups is 1. The van der Waals surface area contributed by atoms with Gasteiger partial charge in [0, 0.05) is 18.9 Å². The molecule has 0 aromatic heterocycles. The molecule has 0 aromatic carbocycles. The molecule has 6 heteroatoms. The second-order valence-corrected chi connectivity index (χ2v) is 6.73. The van der Waals surface area contributed by atoms with Crippen molar-refractivity contribution in [3.63, 3.8) is 0 Å². The molecule has 1 amide bonds. The topological polar surface area (TPSA) is 83.5 Å². The Morgan fingerprint density at radius 1 is 1.47 bits per heavy atom. The lowest BCUT2D eigenvalue weighted by Gasteiger charge is -2.23. The van der Waals surface area contributed by atoms with Crippen LogP contribution in [0.2, 0.25) is 0 Å². The summed E-state index contributed by atoms with van der Waals surface area (Å²) in [6.07, 6.45) is 1.44. The van der Waals surface area contributed by atoms with Crippen molar-refractivity contribution in [3.05, 3.63) is 0 Å². The highest BCUT2D eigenvalue weighted by Crippen LogP contribution is 2.15. The molecule has 1 unspecified atom stereocenters. The average molecular weight is 237 g/mol. The van der Waals surface area contributed by atoms with Crippen LogP contribution in [-0.2, 0) is 14.6 Å². The maximum absolute atomic E-state index is 11.6. The molecule has 0 aliphatic rings. The van der Waals surface area contributed by atoms with Crippen LogP contribution < -0.4 is 5.32 Å². The highest BCUT2D eigenvalue weighted by molar-refractivity contribution is 7.92. The standard InChI is InChI=1S/C9H19NO4S/c1-7(5-6-11)10-8(12)9(2,3)15(4,13)14/h7,11H,5-6H2,1-4H3,(H,10,12). The second kappa shape index (κ2) is 4.94. The molecule has 0 bridgehead atoms. The van der Waals surface area contributed by atoms with E-state index in [1.165, 1.54) is 13.8 Å². The Morgan fingerprint density at radius 3 is 2.27 bits per heavy atom. The Kier molecular flexibility index (Phi) is 4.73. The Balaban J connectivity index is 4.60. The number of hydrogen-bond donors (Lipinski definition) is 2. The number of carbonyl (C=O) groups is 1. The Bertz CT molecular complexity index is 321. The van der Waals surface area contributed by atoms with Gasteiger partial charge in [0.25, 0.3) is 0 Å². The van der Waals surface area contributed by atoms with Crippen molar-refractivity contribution in [3.8, 4) is 0 Å². The molecule has 1 atom stereocenters. The summed E-state index contributed by atoms with van der Waals surface area (Å²) in [6, 6.07) is -0.233. The third kappa shape index (κ3) is 3.79. The van der Waals surface area contributed by atoms with Crippen LogP contribution in [0.15, 0.2) is 0 Å². The minimum Gasteiger partial charge on any atom is -0.396 e. The van der Waals surface area contributed by atoms with E-state index in [0.29, 0.717) is 6.42 Å². The van der Waals surface area contributed by atoms with Crippen molar-refractivity contribution in [2.45, 2.75) is 38.0 Å². The van der Waals surface area contributed by atoms with Gasteiger partial charge in [-0.25, -0.2) is 8.42 Å². The first kappa shape index (κ1) is 14.4. The highest BCUT2D eigenvalue weighted by Gasteiger charge is 2.38. The number of rotatable bonds is 5. The summed E-state index contributed by atoms with van der Waals surface area (Å²) in [5, 5.41) is 11.2. The van der Waals surface area contributed by atoms with Crippen molar-refractivity contribution < 1.29 is 18.3 Å². The third-order valence-electron chi connectivity index (χ3n) is 2.41. The van der Waals surface area contributed by atoms with Crippen molar-refractivity contribution in [2.24, 2.45) is 0 Å². The largest absolute Gasteiger partial charge is 0.396 e. The van der Waals surface area contributed by atoms with Crippen LogP contribution in [-0.4, -0.2) is 43.1 Å². The molecule has 2 N–H and O–H groups in total. The minimum absolute atomic E-state index is 0.0409. The molecule has 5 nitrogen and oxygen atoms in total. The first-order valence-electron chi connectivity index (χ1n) is 4.74. The number of aliphatic hydroxyl groups is 1. The lowest BCUT2D eigenvalue weighted by molar-refractivity contribution is -0.123. The van der Waals surface area contributed by atoms with Crippen LogP contribution in [0.5, 0.6) is 0 Å². The van der Waals surface area contributed by atoms with Gasteiger partial charge in [-0.3, -0.25) is 4.79 Å². The fourth-order valence-electron chi connectivity index (χ4n) is 0.832. The molecule has 0 fully saturated rings. The molecule has 15 heavy (non-hydrogen) atoms. The quantitative estimate of drug-likeness (QED) is 0.687. The van der Waals surface area contributed by atoms with Gasteiger partial charge in [0.15, 0.2) is 9.84 Å². The molecular weight excluding hydrogens is 218 g/mol. The van der Waals surface area contributed by atoms with E-state index >= 15 is 0 Å². The SMILES string of the molecule is CC(CCO)NC(=O)C(C)(C)S(C)(=O)=O. The van der Waals surface area contributed by atoms with Gasteiger partial charge in [-0.2, -0.15) is 0 Å². The number of amides is 1. The summed E-state index contributed by atoms with van der Waals surface area (Å²) in [6.45, 7) is 4.40. The molecule has 0 aliphatic carbocycles. The van der Waals surface area contributed by atoms with Crippen molar-refractivity contribution in [2.75, 3.05) is 12.9 Å². The number of carbonyl (C=O) groups excluding carboxylic acids is 1. The van der Waals surface area contributed by atoms with Crippen molar-refractivity contribution >= 4 is 15.7 Å². The molecule has 0 heterocycles. The molecule has 0 saturated carbocycles. The predicted octanol–water partition coefficient (Wildman–Crippen LogP) is -0.303. The van der Waals surface area contributed by atoms with E-state index in [1.807, 2.05) is 0 Å². The lowest BCUT2D eigenvalue weighted by atomic mass is 10.1. The highest BCUT2D eigenvalue weighted by atomic mass is 32.2. The van der Waals surface area contributed by atoms with E-state index in [1.54, 1.807) is 6.92 Å². The Hall–Kier alpha value is -0.620. The fraction of sp³-hybridized carbons (Fsp3) is 0.889.